The Balaban J connectivity index is 2.08. The van der Waals surface area contributed by atoms with Crippen molar-refractivity contribution in [2.75, 3.05) is 7.11 Å². The number of phenols is 1. The number of ether oxygens (including phenoxy) is 2. The Morgan fingerprint density at radius 3 is 2.72 bits per heavy atom. The van der Waals surface area contributed by atoms with Crippen molar-refractivity contribution in [2.45, 2.75) is 13.5 Å². The maximum atomic E-state index is 9.32. The summed E-state index contributed by atoms with van der Waals surface area (Å²) in [6.45, 7) is 2.24. The van der Waals surface area contributed by atoms with E-state index in [0.29, 0.717) is 12.4 Å². The Hall–Kier alpha value is -2.23. The molecule has 18 heavy (non-hydrogen) atoms. The lowest BCUT2D eigenvalue weighted by atomic mass is 10.3. The minimum Gasteiger partial charge on any atom is -0.508 e. The third-order valence-corrected chi connectivity index (χ3v) is 2.42. The van der Waals surface area contributed by atoms with Gasteiger partial charge < -0.3 is 14.6 Å². The summed E-state index contributed by atoms with van der Waals surface area (Å²) in [5, 5.41) is 9.32. The second-order valence-corrected chi connectivity index (χ2v) is 3.93. The minimum atomic E-state index is 0.183. The summed E-state index contributed by atoms with van der Waals surface area (Å²) in [6.07, 6.45) is 0. The summed E-state index contributed by atoms with van der Waals surface area (Å²) in [6, 6.07) is 10.4. The average Bonchev–Trinajstić information content (AvgIpc) is 2.36. The van der Waals surface area contributed by atoms with Crippen molar-refractivity contribution in [3.63, 3.8) is 0 Å². The lowest BCUT2D eigenvalue weighted by Gasteiger charge is -2.08. The third-order valence-electron chi connectivity index (χ3n) is 2.42. The largest absolute Gasteiger partial charge is 0.508 e. The van der Waals surface area contributed by atoms with Crippen LogP contribution in [-0.2, 0) is 6.61 Å². The van der Waals surface area contributed by atoms with Crippen molar-refractivity contribution in [1.82, 2.24) is 4.98 Å². The van der Waals surface area contributed by atoms with Crippen molar-refractivity contribution in [3.05, 3.63) is 47.8 Å². The topological polar surface area (TPSA) is 51.6 Å². The minimum absolute atomic E-state index is 0.183. The molecule has 0 amide bonds. The number of phenolic OH excluding ortho intramolecular Hbond substituents is 1. The highest BCUT2D eigenvalue weighted by atomic mass is 16.5. The molecular weight excluding hydrogens is 230 g/mol. The highest BCUT2D eigenvalue weighted by molar-refractivity contribution is 5.32. The molecule has 1 heterocycles. The molecule has 0 spiro atoms. The molecule has 2 rings (SSSR count). The summed E-state index contributed by atoms with van der Waals surface area (Å²) in [5.74, 6) is 1.55. The summed E-state index contributed by atoms with van der Waals surface area (Å²) >= 11 is 0. The van der Waals surface area contributed by atoms with Crippen LogP contribution in [0.25, 0.3) is 0 Å². The predicted octanol–water partition coefficient (Wildman–Crippen LogP) is 2.68. The van der Waals surface area contributed by atoms with Crippen LogP contribution in [0, 0.1) is 6.92 Å². The summed E-state index contributed by atoms with van der Waals surface area (Å²) in [7, 11) is 1.62. The number of aromatic nitrogens is 1. The second kappa shape index (κ2) is 5.40. The Morgan fingerprint density at radius 2 is 2.00 bits per heavy atom. The van der Waals surface area contributed by atoms with E-state index in [1.165, 1.54) is 0 Å². The molecule has 0 atom stereocenters. The van der Waals surface area contributed by atoms with Crippen LogP contribution in [0.5, 0.6) is 17.2 Å². The molecule has 2 aromatic rings. The van der Waals surface area contributed by atoms with E-state index in [9.17, 15) is 5.11 Å². The zero-order valence-electron chi connectivity index (χ0n) is 10.4. The van der Waals surface area contributed by atoms with Crippen LogP contribution >= 0.6 is 0 Å². The third kappa shape index (κ3) is 3.13. The van der Waals surface area contributed by atoms with Gasteiger partial charge in [-0.05, 0) is 19.1 Å². The SMILES string of the molecule is COc1cc(C)nc(COc2cccc(O)c2)c1. The molecular formula is C14H15NO3. The van der Waals surface area contributed by atoms with E-state index in [2.05, 4.69) is 4.98 Å². The van der Waals surface area contributed by atoms with Gasteiger partial charge in [-0.15, -0.1) is 0 Å². The molecule has 4 nitrogen and oxygen atoms in total. The summed E-state index contributed by atoms with van der Waals surface area (Å²) in [4.78, 5) is 4.35. The first-order valence-electron chi connectivity index (χ1n) is 5.61. The number of hydrogen-bond donors (Lipinski definition) is 1. The number of benzene rings is 1. The van der Waals surface area contributed by atoms with E-state index in [-0.39, 0.29) is 5.75 Å². The van der Waals surface area contributed by atoms with Gasteiger partial charge >= 0.3 is 0 Å². The number of pyridine rings is 1. The molecule has 94 valence electrons. The lowest BCUT2D eigenvalue weighted by molar-refractivity contribution is 0.298. The second-order valence-electron chi connectivity index (χ2n) is 3.93. The van der Waals surface area contributed by atoms with Gasteiger partial charge in [0.1, 0.15) is 23.9 Å². The monoisotopic (exact) mass is 245 g/mol. The first-order valence-corrected chi connectivity index (χ1v) is 5.61. The fraction of sp³-hybridized carbons (Fsp3) is 0.214. The van der Waals surface area contributed by atoms with Gasteiger partial charge in [0.25, 0.3) is 0 Å². The van der Waals surface area contributed by atoms with E-state index in [0.717, 1.165) is 17.1 Å². The van der Waals surface area contributed by atoms with E-state index in [4.69, 9.17) is 9.47 Å². The highest BCUT2D eigenvalue weighted by Crippen LogP contribution is 2.20. The first-order chi connectivity index (χ1) is 8.67. The van der Waals surface area contributed by atoms with E-state index < -0.39 is 0 Å². The van der Waals surface area contributed by atoms with Crippen molar-refractivity contribution in [3.8, 4) is 17.2 Å². The molecule has 0 saturated heterocycles. The molecule has 0 radical (unpaired) electrons. The van der Waals surface area contributed by atoms with Gasteiger partial charge in [-0.3, -0.25) is 4.98 Å². The number of hydrogen-bond acceptors (Lipinski definition) is 4. The van der Waals surface area contributed by atoms with Crippen molar-refractivity contribution in [2.24, 2.45) is 0 Å². The fourth-order valence-corrected chi connectivity index (χ4v) is 1.63. The Bertz CT molecular complexity index is 540. The molecule has 0 aliphatic heterocycles. The van der Waals surface area contributed by atoms with Crippen molar-refractivity contribution in [1.29, 1.82) is 0 Å². The molecule has 1 N–H and O–H groups in total. The molecule has 0 saturated carbocycles. The number of nitrogens with zero attached hydrogens (tertiary/aromatic N) is 1. The predicted molar refractivity (Wildman–Crippen MR) is 68.0 cm³/mol. The van der Waals surface area contributed by atoms with E-state index in [1.54, 1.807) is 31.4 Å². The summed E-state index contributed by atoms with van der Waals surface area (Å²) in [5.41, 5.74) is 1.67. The van der Waals surface area contributed by atoms with Crippen LogP contribution in [0.4, 0.5) is 0 Å². The molecule has 0 fully saturated rings. The van der Waals surface area contributed by atoms with Crippen LogP contribution in [0.1, 0.15) is 11.4 Å². The van der Waals surface area contributed by atoms with Crippen LogP contribution in [0.15, 0.2) is 36.4 Å². The van der Waals surface area contributed by atoms with Gasteiger partial charge in [-0.1, -0.05) is 6.07 Å². The van der Waals surface area contributed by atoms with E-state index >= 15 is 0 Å². The lowest BCUT2D eigenvalue weighted by Crippen LogP contribution is -2.00. The quantitative estimate of drug-likeness (QED) is 0.899. The molecule has 4 heteroatoms. The zero-order valence-corrected chi connectivity index (χ0v) is 10.4. The Kier molecular flexibility index (Phi) is 3.67. The van der Waals surface area contributed by atoms with Crippen LogP contribution in [-0.4, -0.2) is 17.2 Å². The fourth-order valence-electron chi connectivity index (χ4n) is 1.63. The molecule has 1 aromatic heterocycles. The molecule has 0 aliphatic rings. The number of aromatic hydroxyl groups is 1. The molecule has 0 bridgehead atoms. The standard InChI is InChI=1S/C14H15NO3/c1-10-6-14(17-2)7-11(15-10)9-18-13-5-3-4-12(16)8-13/h3-8,16H,9H2,1-2H3. The average molecular weight is 245 g/mol. The Morgan fingerprint density at radius 1 is 1.17 bits per heavy atom. The van der Waals surface area contributed by atoms with Gasteiger partial charge in [0.2, 0.25) is 0 Å². The normalized spacial score (nSPS) is 10.1. The van der Waals surface area contributed by atoms with Gasteiger partial charge in [0.15, 0.2) is 0 Å². The molecule has 1 aromatic carbocycles. The van der Waals surface area contributed by atoms with Crippen LogP contribution in [0.3, 0.4) is 0 Å². The van der Waals surface area contributed by atoms with Crippen molar-refractivity contribution < 1.29 is 14.6 Å². The maximum Gasteiger partial charge on any atom is 0.130 e. The molecule has 0 unspecified atom stereocenters. The van der Waals surface area contributed by atoms with Gasteiger partial charge in [0, 0.05) is 23.9 Å². The zero-order chi connectivity index (χ0) is 13.0. The van der Waals surface area contributed by atoms with Gasteiger partial charge in [-0.2, -0.15) is 0 Å². The summed E-state index contributed by atoms with van der Waals surface area (Å²) < 4.78 is 10.7. The van der Waals surface area contributed by atoms with Gasteiger partial charge in [-0.25, -0.2) is 0 Å². The first kappa shape index (κ1) is 12.2. The van der Waals surface area contributed by atoms with E-state index in [1.807, 2.05) is 19.1 Å². The Labute approximate surface area is 106 Å². The number of rotatable bonds is 4. The number of aryl methyl sites for hydroxylation is 1. The maximum absolute atomic E-state index is 9.32. The highest BCUT2D eigenvalue weighted by Gasteiger charge is 2.02. The number of methoxy groups -OCH3 is 1. The smallest absolute Gasteiger partial charge is 0.130 e. The van der Waals surface area contributed by atoms with Crippen LogP contribution in [0.2, 0.25) is 0 Å². The van der Waals surface area contributed by atoms with Gasteiger partial charge in [0.05, 0.1) is 12.8 Å². The van der Waals surface area contributed by atoms with Crippen LogP contribution < -0.4 is 9.47 Å². The van der Waals surface area contributed by atoms with Crippen molar-refractivity contribution >= 4 is 0 Å². The molecule has 0 aliphatic carbocycles.